The zero-order valence-electron chi connectivity index (χ0n) is 14.5. The first-order valence-corrected chi connectivity index (χ1v) is 8.36. The third-order valence-electron chi connectivity index (χ3n) is 3.97. The van der Waals surface area contributed by atoms with Crippen molar-refractivity contribution in [3.05, 3.63) is 45.9 Å². The Kier molecular flexibility index (Phi) is 5.59. The van der Waals surface area contributed by atoms with Gasteiger partial charge in [-0.1, -0.05) is 38.5 Å². The molecule has 2 rings (SSSR count). The minimum Gasteiger partial charge on any atom is -0.351 e. The minimum atomic E-state index is -0.171. The normalized spacial score (nSPS) is 11.2. The number of pyridine rings is 1. The topological polar surface area (TPSA) is 51.1 Å². The molecule has 0 aliphatic heterocycles. The third-order valence-corrected chi connectivity index (χ3v) is 3.97. The molecule has 0 saturated carbocycles. The van der Waals surface area contributed by atoms with Gasteiger partial charge in [0.25, 0.3) is 11.5 Å². The molecule has 4 heteroatoms. The summed E-state index contributed by atoms with van der Waals surface area (Å²) in [5.41, 5.74) is 1.43. The molecule has 1 aromatic carbocycles. The number of nitrogens with one attached hydrogen (secondary N) is 1. The van der Waals surface area contributed by atoms with Gasteiger partial charge in [0, 0.05) is 18.5 Å². The Morgan fingerprint density at radius 1 is 1.26 bits per heavy atom. The van der Waals surface area contributed by atoms with Crippen molar-refractivity contribution in [2.45, 2.75) is 47.1 Å². The first-order chi connectivity index (χ1) is 10.9. The van der Waals surface area contributed by atoms with E-state index in [9.17, 15) is 9.59 Å². The number of amides is 1. The monoisotopic (exact) mass is 314 g/mol. The van der Waals surface area contributed by atoms with E-state index < -0.39 is 0 Å². The number of nitrogens with zero attached hydrogens (tertiary/aromatic N) is 1. The highest BCUT2D eigenvalue weighted by atomic mass is 16.2. The molecule has 1 amide bonds. The van der Waals surface area contributed by atoms with Crippen LogP contribution in [0, 0.1) is 12.8 Å². The molecule has 0 aliphatic carbocycles. The van der Waals surface area contributed by atoms with Crippen molar-refractivity contribution >= 4 is 16.7 Å². The number of carbonyl (C=O) groups excluding carboxylic acids is 1. The summed E-state index contributed by atoms with van der Waals surface area (Å²) in [5.74, 6) is 0.303. The number of hydrogen-bond donors (Lipinski definition) is 1. The lowest BCUT2D eigenvalue weighted by Crippen LogP contribution is -2.33. The van der Waals surface area contributed by atoms with Crippen LogP contribution in [0.3, 0.4) is 0 Å². The summed E-state index contributed by atoms with van der Waals surface area (Å²) in [6.45, 7) is 9.40. The molecular weight excluding hydrogens is 288 g/mol. The lowest BCUT2D eigenvalue weighted by molar-refractivity contribution is 0.0942. The van der Waals surface area contributed by atoms with E-state index in [0.717, 1.165) is 23.8 Å². The first kappa shape index (κ1) is 17.3. The Morgan fingerprint density at radius 2 is 2.00 bits per heavy atom. The van der Waals surface area contributed by atoms with Crippen molar-refractivity contribution in [3.63, 3.8) is 0 Å². The molecule has 0 unspecified atom stereocenters. The Hall–Kier alpha value is -2.10. The molecule has 0 bridgehead atoms. The molecule has 1 heterocycles. The van der Waals surface area contributed by atoms with Crippen LogP contribution in [0.5, 0.6) is 0 Å². The van der Waals surface area contributed by atoms with E-state index in [1.807, 2.05) is 38.1 Å². The summed E-state index contributed by atoms with van der Waals surface area (Å²) in [6.07, 6.45) is 1.74. The van der Waals surface area contributed by atoms with Gasteiger partial charge in [0.2, 0.25) is 0 Å². The van der Waals surface area contributed by atoms with Crippen molar-refractivity contribution in [1.29, 1.82) is 0 Å². The zero-order chi connectivity index (χ0) is 17.0. The van der Waals surface area contributed by atoms with E-state index in [2.05, 4.69) is 19.2 Å². The molecule has 1 aromatic heterocycles. The number of benzene rings is 1. The summed E-state index contributed by atoms with van der Waals surface area (Å²) in [7, 11) is 0. The van der Waals surface area contributed by atoms with Crippen LogP contribution >= 0.6 is 0 Å². The number of fused-ring (bicyclic) bond motifs is 1. The molecule has 0 radical (unpaired) electrons. The number of rotatable bonds is 6. The summed E-state index contributed by atoms with van der Waals surface area (Å²) >= 11 is 0. The van der Waals surface area contributed by atoms with Crippen LogP contribution in [-0.2, 0) is 6.54 Å². The van der Waals surface area contributed by atoms with Crippen LogP contribution < -0.4 is 10.9 Å². The van der Waals surface area contributed by atoms with Crippen molar-refractivity contribution in [2.24, 2.45) is 5.92 Å². The molecule has 0 aliphatic rings. The van der Waals surface area contributed by atoms with Crippen LogP contribution in [0.2, 0.25) is 0 Å². The van der Waals surface area contributed by atoms with Gasteiger partial charge in [0.15, 0.2) is 0 Å². The van der Waals surface area contributed by atoms with Crippen molar-refractivity contribution in [1.82, 2.24) is 9.88 Å². The summed E-state index contributed by atoms with van der Waals surface area (Å²) in [4.78, 5) is 25.3. The molecule has 1 N–H and O–H groups in total. The van der Waals surface area contributed by atoms with Crippen LogP contribution in [0.25, 0.3) is 10.8 Å². The third kappa shape index (κ3) is 4.01. The number of carbonyl (C=O) groups is 1. The second-order valence-corrected chi connectivity index (χ2v) is 6.52. The maximum atomic E-state index is 12.9. The molecule has 0 spiro atoms. The van der Waals surface area contributed by atoms with E-state index in [0.29, 0.717) is 30.1 Å². The molecule has 0 fully saturated rings. The summed E-state index contributed by atoms with van der Waals surface area (Å²) in [6, 6.07) is 7.61. The average molecular weight is 314 g/mol. The molecule has 0 saturated heterocycles. The standard InChI is InChI=1S/C19H26N2O2/c1-5-9-20-18(22)17-12-15-7-6-14(4)11-16(15)19(23)21(17)10-8-13(2)3/h6-7,11-13H,5,8-10H2,1-4H3,(H,20,22). The van der Waals surface area contributed by atoms with Crippen LogP contribution in [0.4, 0.5) is 0 Å². The van der Waals surface area contributed by atoms with E-state index in [-0.39, 0.29) is 11.5 Å². The molecule has 0 atom stereocenters. The van der Waals surface area contributed by atoms with Gasteiger partial charge in [0.1, 0.15) is 5.69 Å². The molecule has 2 aromatic rings. The maximum absolute atomic E-state index is 12.9. The molecule has 124 valence electrons. The van der Waals surface area contributed by atoms with Crippen LogP contribution in [0.15, 0.2) is 29.1 Å². The Labute approximate surface area is 137 Å². The van der Waals surface area contributed by atoms with Gasteiger partial charge in [-0.05, 0) is 43.2 Å². The maximum Gasteiger partial charge on any atom is 0.268 e. The number of aromatic nitrogens is 1. The van der Waals surface area contributed by atoms with Crippen LogP contribution in [0.1, 0.15) is 49.7 Å². The quantitative estimate of drug-likeness (QED) is 0.887. The van der Waals surface area contributed by atoms with Crippen molar-refractivity contribution in [3.8, 4) is 0 Å². The smallest absolute Gasteiger partial charge is 0.268 e. The predicted octanol–water partition coefficient (Wildman–Crippen LogP) is 3.50. The number of aryl methyl sites for hydroxylation is 1. The fraction of sp³-hybridized carbons (Fsp3) is 0.474. The van der Waals surface area contributed by atoms with Gasteiger partial charge in [-0.2, -0.15) is 0 Å². The lowest BCUT2D eigenvalue weighted by Gasteiger charge is -2.15. The molecule has 4 nitrogen and oxygen atoms in total. The SMILES string of the molecule is CCCNC(=O)c1cc2ccc(C)cc2c(=O)n1CCC(C)C. The highest BCUT2D eigenvalue weighted by Gasteiger charge is 2.15. The van der Waals surface area contributed by atoms with Gasteiger partial charge in [-0.25, -0.2) is 0 Å². The Morgan fingerprint density at radius 3 is 2.65 bits per heavy atom. The largest absolute Gasteiger partial charge is 0.351 e. The van der Waals surface area contributed by atoms with Gasteiger partial charge >= 0.3 is 0 Å². The predicted molar refractivity (Wildman–Crippen MR) is 95.0 cm³/mol. The second-order valence-electron chi connectivity index (χ2n) is 6.52. The fourth-order valence-electron chi connectivity index (χ4n) is 2.59. The van der Waals surface area contributed by atoms with Crippen LogP contribution in [-0.4, -0.2) is 17.0 Å². The average Bonchev–Trinajstić information content (AvgIpc) is 2.51. The first-order valence-electron chi connectivity index (χ1n) is 8.36. The van der Waals surface area contributed by atoms with Crippen molar-refractivity contribution in [2.75, 3.05) is 6.54 Å². The number of hydrogen-bond acceptors (Lipinski definition) is 2. The highest BCUT2D eigenvalue weighted by molar-refractivity contribution is 5.96. The summed E-state index contributed by atoms with van der Waals surface area (Å²) < 4.78 is 1.63. The molecule has 23 heavy (non-hydrogen) atoms. The zero-order valence-corrected chi connectivity index (χ0v) is 14.5. The van der Waals surface area contributed by atoms with E-state index in [1.54, 1.807) is 4.57 Å². The Bertz CT molecular complexity index is 760. The second kappa shape index (κ2) is 7.44. The minimum absolute atomic E-state index is 0.0755. The van der Waals surface area contributed by atoms with E-state index >= 15 is 0 Å². The Balaban J connectivity index is 2.57. The van der Waals surface area contributed by atoms with Gasteiger partial charge < -0.3 is 9.88 Å². The molecular formula is C19H26N2O2. The van der Waals surface area contributed by atoms with Gasteiger partial charge in [0.05, 0.1) is 0 Å². The summed E-state index contributed by atoms with van der Waals surface area (Å²) in [5, 5.41) is 4.38. The van der Waals surface area contributed by atoms with Crippen molar-refractivity contribution < 1.29 is 4.79 Å². The van der Waals surface area contributed by atoms with E-state index in [4.69, 9.17) is 0 Å². The lowest BCUT2D eigenvalue weighted by atomic mass is 10.1. The van der Waals surface area contributed by atoms with Gasteiger partial charge in [-0.15, -0.1) is 0 Å². The fourth-order valence-corrected chi connectivity index (χ4v) is 2.59. The van der Waals surface area contributed by atoms with Gasteiger partial charge in [-0.3, -0.25) is 9.59 Å². The van der Waals surface area contributed by atoms with E-state index in [1.165, 1.54) is 0 Å². The highest BCUT2D eigenvalue weighted by Crippen LogP contribution is 2.15.